The summed E-state index contributed by atoms with van der Waals surface area (Å²) in [6.07, 6.45) is 2.46. The predicted octanol–water partition coefficient (Wildman–Crippen LogP) is 1.89. The molecule has 0 unspecified atom stereocenters. The van der Waals surface area contributed by atoms with Crippen LogP contribution in [0.1, 0.15) is 12.8 Å². The van der Waals surface area contributed by atoms with Gasteiger partial charge in [0.25, 0.3) is 0 Å². The van der Waals surface area contributed by atoms with Gasteiger partial charge < -0.3 is 19.7 Å². The van der Waals surface area contributed by atoms with E-state index in [2.05, 4.69) is 22.3 Å². The summed E-state index contributed by atoms with van der Waals surface area (Å²) in [6, 6.07) is 6.13. The molecule has 1 aliphatic heterocycles. The fourth-order valence-electron chi connectivity index (χ4n) is 2.28. The van der Waals surface area contributed by atoms with Crippen molar-refractivity contribution in [3.05, 3.63) is 18.2 Å². The van der Waals surface area contributed by atoms with Crippen LogP contribution in [0.25, 0.3) is 0 Å². The Balaban J connectivity index is 2.15. The summed E-state index contributed by atoms with van der Waals surface area (Å²) in [5.41, 5.74) is 1.20. The van der Waals surface area contributed by atoms with Crippen LogP contribution in [0.5, 0.6) is 11.5 Å². The van der Waals surface area contributed by atoms with Crippen LogP contribution in [0.4, 0.5) is 5.69 Å². The molecule has 1 saturated heterocycles. The molecule has 1 aromatic rings. The highest BCUT2D eigenvalue weighted by Gasteiger charge is 2.11. The molecular formula is C14H22N2O2. The number of rotatable bonds is 3. The van der Waals surface area contributed by atoms with E-state index in [1.807, 2.05) is 6.07 Å². The normalized spacial score (nSPS) is 16.9. The Bertz CT molecular complexity index is 374. The van der Waals surface area contributed by atoms with Gasteiger partial charge in [-0.1, -0.05) is 0 Å². The van der Waals surface area contributed by atoms with Gasteiger partial charge in [0.05, 0.1) is 14.2 Å². The average Bonchev–Trinajstić information content (AvgIpc) is 2.37. The lowest BCUT2D eigenvalue weighted by Gasteiger charge is -2.27. The van der Waals surface area contributed by atoms with E-state index in [0.29, 0.717) is 0 Å². The summed E-state index contributed by atoms with van der Waals surface area (Å²) in [5.74, 6) is 1.58. The highest BCUT2D eigenvalue weighted by Crippen LogP contribution is 2.31. The zero-order valence-electron chi connectivity index (χ0n) is 11.2. The van der Waals surface area contributed by atoms with Crippen LogP contribution in [-0.4, -0.2) is 40.4 Å². The number of hydrogen-bond acceptors (Lipinski definition) is 4. The largest absolute Gasteiger partial charge is 0.493 e. The van der Waals surface area contributed by atoms with Gasteiger partial charge in [-0.2, -0.15) is 0 Å². The molecule has 0 atom stereocenters. The molecule has 0 bridgehead atoms. The number of anilines is 1. The van der Waals surface area contributed by atoms with Gasteiger partial charge in [0.2, 0.25) is 0 Å². The van der Waals surface area contributed by atoms with Gasteiger partial charge in [0.1, 0.15) is 0 Å². The van der Waals surface area contributed by atoms with Crippen molar-refractivity contribution in [2.24, 2.45) is 0 Å². The fraction of sp³-hybridized carbons (Fsp3) is 0.571. The monoisotopic (exact) mass is 250 g/mol. The van der Waals surface area contributed by atoms with Crippen molar-refractivity contribution in [1.82, 2.24) is 5.32 Å². The lowest BCUT2D eigenvalue weighted by molar-refractivity contribution is 0.355. The lowest BCUT2D eigenvalue weighted by atomic mass is 10.2. The number of benzene rings is 1. The molecule has 4 nitrogen and oxygen atoms in total. The second-order valence-corrected chi connectivity index (χ2v) is 4.48. The van der Waals surface area contributed by atoms with Gasteiger partial charge in [0.15, 0.2) is 11.5 Å². The molecule has 2 rings (SSSR count). The molecule has 1 heterocycles. The molecule has 0 amide bonds. The summed E-state index contributed by atoms with van der Waals surface area (Å²) >= 11 is 0. The molecule has 1 aromatic carbocycles. The Kier molecular flexibility index (Phi) is 4.70. The Morgan fingerprint density at radius 1 is 1.00 bits per heavy atom. The number of methoxy groups -OCH3 is 2. The van der Waals surface area contributed by atoms with Crippen molar-refractivity contribution in [2.45, 2.75) is 12.8 Å². The zero-order chi connectivity index (χ0) is 12.8. The predicted molar refractivity (Wildman–Crippen MR) is 73.9 cm³/mol. The molecule has 100 valence electrons. The van der Waals surface area contributed by atoms with Crippen LogP contribution < -0.4 is 19.7 Å². The minimum atomic E-state index is 0.784. The second kappa shape index (κ2) is 6.50. The Morgan fingerprint density at radius 3 is 2.61 bits per heavy atom. The van der Waals surface area contributed by atoms with Crippen LogP contribution >= 0.6 is 0 Å². The highest BCUT2D eigenvalue weighted by atomic mass is 16.5. The van der Waals surface area contributed by atoms with E-state index in [-0.39, 0.29) is 0 Å². The van der Waals surface area contributed by atoms with Gasteiger partial charge in [-0.05, 0) is 31.5 Å². The third-order valence-corrected chi connectivity index (χ3v) is 3.32. The first-order valence-electron chi connectivity index (χ1n) is 6.53. The minimum absolute atomic E-state index is 0.784. The van der Waals surface area contributed by atoms with Crippen LogP contribution in [-0.2, 0) is 0 Å². The Hall–Kier alpha value is -1.42. The Labute approximate surface area is 109 Å². The maximum Gasteiger partial charge on any atom is 0.162 e. The molecular weight excluding hydrogens is 228 g/mol. The van der Waals surface area contributed by atoms with Crippen molar-refractivity contribution < 1.29 is 9.47 Å². The fourth-order valence-corrected chi connectivity index (χ4v) is 2.28. The number of nitrogens with zero attached hydrogens (tertiary/aromatic N) is 1. The molecule has 1 N–H and O–H groups in total. The van der Waals surface area contributed by atoms with Crippen molar-refractivity contribution in [3.63, 3.8) is 0 Å². The third kappa shape index (κ3) is 3.07. The smallest absolute Gasteiger partial charge is 0.162 e. The Morgan fingerprint density at radius 2 is 1.83 bits per heavy atom. The molecule has 0 spiro atoms. The van der Waals surface area contributed by atoms with E-state index < -0.39 is 0 Å². The van der Waals surface area contributed by atoms with Crippen molar-refractivity contribution in [1.29, 1.82) is 0 Å². The molecule has 0 aliphatic carbocycles. The quantitative estimate of drug-likeness (QED) is 0.888. The van der Waals surface area contributed by atoms with Crippen LogP contribution in [0, 0.1) is 0 Å². The molecule has 1 aliphatic rings. The van der Waals surface area contributed by atoms with Crippen LogP contribution in [0.3, 0.4) is 0 Å². The number of ether oxygens (including phenoxy) is 2. The van der Waals surface area contributed by atoms with E-state index in [4.69, 9.17) is 9.47 Å². The molecule has 0 saturated carbocycles. The highest BCUT2D eigenvalue weighted by molar-refractivity contribution is 5.56. The van der Waals surface area contributed by atoms with E-state index in [1.54, 1.807) is 14.2 Å². The maximum atomic E-state index is 5.36. The van der Waals surface area contributed by atoms with Gasteiger partial charge >= 0.3 is 0 Å². The van der Waals surface area contributed by atoms with E-state index in [0.717, 1.165) is 37.7 Å². The summed E-state index contributed by atoms with van der Waals surface area (Å²) in [7, 11) is 3.34. The first-order chi connectivity index (χ1) is 8.85. The van der Waals surface area contributed by atoms with E-state index >= 15 is 0 Å². The standard InChI is InChI=1S/C14H22N2O2/c1-17-13-6-5-12(11-14(13)18-2)16-9-4-3-7-15-8-10-16/h5-6,11,15H,3-4,7-10H2,1-2H3. The average molecular weight is 250 g/mol. The first kappa shape index (κ1) is 13.0. The SMILES string of the molecule is COc1ccc(N2CCCCNCC2)cc1OC. The van der Waals surface area contributed by atoms with Crippen molar-refractivity contribution in [3.8, 4) is 11.5 Å². The van der Waals surface area contributed by atoms with Gasteiger partial charge in [-0.3, -0.25) is 0 Å². The lowest BCUT2D eigenvalue weighted by Crippen LogP contribution is -2.36. The van der Waals surface area contributed by atoms with Crippen LogP contribution in [0.2, 0.25) is 0 Å². The number of nitrogens with one attached hydrogen (secondary N) is 1. The first-order valence-corrected chi connectivity index (χ1v) is 6.53. The molecule has 4 heteroatoms. The minimum Gasteiger partial charge on any atom is -0.493 e. The third-order valence-electron chi connectivity index (χ3n) is 3.32. The molecule has 1 fully saturated rings. The van der Waals surface area contributed by atoms with Gasteiger partial charge in [-0.15, -0.1) is 0 Å². The molecule has 0 radical (unpaired) electrons. The van der Waals surface area contributed by atoms with Crippen molar-refractivity contribution >= 4 is 5.69 Å². The topological polar surface area (TPSA) is 33.7 Å². The molecule has 18 heavy (non-hydrogen) atoms. The summed E-state index contributed by atoms with van der Waals surface area (Å²) in [4.78, 5) is 2.40. The number of hydrogen-bond donors (Lipinski definition) is 1. The summed E-state index contributed by atoms with van der Waals surface area (Å²) in [6.45, 7) is 4.32. The summed E-state index contributed by atoms with van der Waals surface area (Å²) in [5, 5.41) is 3.44. The van der Waals surface area contributed by atoms with Crippen LogP contribution in [0.15, 0.2) is 18.2 Å². The van der Waals surface area contributed by atoms with E-state index in [1.165, 1.54) is 18.5 Å². The van der Waals surface area contributed by atoms with E-state index in [9.17, 15) is 0 Å². The molecule has 0 aromatic heterocycles. The maximum absolute atomic E-state index is 5.36. The summed E-state index contributed by atoms with van der Waals surface area (Å²) < 4.78 is 10.6. The van der Waals surface area contributed by atoms with Crippen molar-refractivity contribution in [2.75, 3.05) is 45.3 Å². The van der Waals surface area contributed by atoms with Gasteiger partial charge in [-0.25, -0.2) is 0 Å². The van der Waals surface area contributed by atoms with Gasteiger partial charge in [0, 0.05) is 31.4 Å². The second-order valence-electron chi connectivity index (χ2n) is 4.48. The zero-order valence-corrected chi connectivity index (χ0v) is 11.2.